The maximum Gasteiger partial charge on any atom is 0.180 e. The van der Waals surface area contributed by atoms with Gasteiger partial charge < -0.3 is 9.42 Å². The molecule has 21 heavy (non-hydrogen) atoms. The van der Waals surface area contributed by atoms with Gasteiger partial charge in [0.1, 0.15) is 22.8 Å². The van der Waals surface area contributed by atoms with Crippen LogP contribution in [0, 0.1) is 6.92 Å². The molecule has 0 radical (unpaired) electrons. The second-order valence-electron chi connectivity index (χ2n) is 5.28. The number of nitrogens with zero attached hydrogens (tertiary/aromatic N) is 5. The minimum atomic E-state index is 0.226. The molecule has 4 rings (SSSR count). The summed E-state index contributed by atoms with van der Waals surface area (Å²) in [6.07, 6.45) is 5.53. The van der Waals surface area contributed by atoms with Crippen LogP contribution < -0.4 is 4.90 Å². The predicted octanol–water partition coefficient (Wildman–Crippen LogP) is 2.66. The van der Waals surface area contributed by atoms with Gasteiger partial charge in [-0.15, -0.1) is 0 Å². The summed E-state index contributed by atoms with van der Waals surface area (Å²) < 4.78 is 5.21. The number of fused-ring (bicyclic) bond motifs is 1. The topological polar surface area (TPSA) is 67.9 Å². The van der Waals surface area contributed by atoms with E-state index in [2.05, 4.69) is 25.0 Å². The molecule has 4 heterocycles. The van der Waals surface area contributed by atoms with E-state index in [4.69, 9.17) is 4.52 Å². The first-order chi connectivity index (χ1) is 10.3. The van der Waals surface area contributed by atoms with Gasteiger partial charge in [-0.05, 0) is 31.9 Å². The largest absolute Gasteiger partial charge is 0.361 e. The number of rotatable bonds is 2. The van der Waals surface area contributed by atoms with Crippen LogP contribution in [0.25, 0.3) is 11.2 Å². The van der Waals surface area contributed by atoms with Crippen LogP contribution in [0.2, 0.25) is 0 Å². The Morgan fingerprint density at radius 3 is 3.00 bits per heavy atom. The van der Waals surface area contributed by atoms with Crippen molar-refractivity contribution in [2.75, 3.05) is 11.4 Å². The Morgan fingerprint density at radius 1 is 1.24 bits per heavy atom. The lowest BCUT2D eigenvalue weighted by Crippen LogP contribution is -2.23. The number of pyridine rings is 1. The maximum absolute atomic E-state index is 5.21. The summed E-state index contributed by atoms with van der Waals surface area (Å²) >= 11 is 0. The highest BCUT2D eigenvalue weighted by atomic mass is 16.5. The molecule has 1 unspecified atom stereocenters. The fraction of sp³-hybridized carbons (Fsp3) is 0.333. The van der Waals surface area contributed by atoms with Gasteiger partial charge in [-0.2, -0.15) is 0 Å². The van der Waals surface area contributed by atoms with Gasteiger partial charge in [0.05, 0.1) is 6.04 Å². The van der Waals surface area contributed by atoms with Gasteiger partial charge in [0, 0.05) is 25.0 Å². The zero-order valence-corrected chi connectivity index (χ0v) is 11.7. The molecular formula is C15H15N5O. The molecule has 106 valence electrons. The molecule has 0 amide bonds. The van der Waals surface area contributed by atoms with E-state index in [9.17, 15) is 0 Å². The monoisotopic (exact) mass is 281 g/mol. The normalized spacial score (nSPS) is 18.5. The van der Waals surface area contributed by atoms with Crippen LogP contribution >= 0.6 is 0 Å². The molecule has 1 aliphatic rings. The Balaban J connectivity index is 1.72. The first-order valence-corrected chi connectivity index (χ1v) is 7.09. The van der Waals surface area contributed by atoms with E-state index in [0.717, 1.165) is 42.2 Å². The summed E-state index contributed by atoms with van der Waals surface area (Å²) in [5.74, 6) is 1.76. The molecule has 3 aromatic rings. The summed E-state index contributed by atoms with van der Waals surface area (Å²) in [4.78, 5) is 15.4. The third-order valence-electron chi connectivity index (χ3n) is 3.85. The van der Waals surface area contributed by atoms with E-state index >= 15 is 0 Å². The van der Waals surface area contributed by atoms with Crippen LogP contribution in [0.4, 0.5) is 5.82 Å². The van der Waals surface area contributed by atoms with Crippen molar-refractivity contribution in [2.24, 2.45) is 0 Å². The second-order valence-corrected chi connectivity index (χ2v) is 5.28. The van der Waals surface area contributed by atoms with Crippen LogP contribution in [-0.2, 0) is 0 Å². The minimum absolute atomic E-state index is 0.226. The Morgan fingerprint density at radius 2 is 2.14 bits per heavy atom. The standard InChI is InChI=1S/C15H15N5O/c1-10-9-12(19-21-10)13-3-2-8-20(13)14-5-4-11-15(18-14)17-7-6-16-11/h4-7,9,13H,2-3,8H2,1H3. The average Bonchev–Trinajstić information content (AvgIpc) is 3.15. The maximum atomic E-state index is 5.21. The van der Waals surface area contributed by atoms with Crippen molar-refractivity contribution in [3.05, 3.63) is 42.0 Å². The summed E-state index contributed by atoms with van der Waals surface area (Å²) in [6, 6.07) is 6.20. The molecule has 1 saturated heterocycles. The lowest BCUT2D eigenvalue weighted by atomic mass is 10.1. The molecule has 0 bridgehead atoms. The van der Waals surface area contributed by atoms with Crippen LogP contribution in [0.15, 0.2) is 35.1 Å². The third kappa shape index (κ3) is 2.12. The zero-order chi connectivity index (χ0) is 14.2. The summed E-state index contributed by atoms with van der Waals surface area (Å²) in [6.45, 7) is 2.88. The van der Waals surface area contributed by atoms with Crippen molar-refractivity contribution in [1.82, 2.24) is 20.1 Å². The van der Waals surface area contributed by atoms with Gasteiger partial charge in [0.15, 0.2) is 5.65 Å². The van der Waals surface area contributed by atoms with Crippen LogP contribution in [0.5, 0.6) is 0 Å². The molecule has 3 aromatic heterocycles. The highest BCUT2D eigenvalue weighted by molar-refractivity contribution is 5.71. The molecular weight excluding hydrogens is 266 g/mol. The van der Waals surface area contributed by atoms with Crippen molar-refractivity contribution in [3.63, 3.8) is 0 Å². The zero-order valence-electron chi connectivity index (χ0n) is 11.7. The summed E-state index contributed by atoms with van der Waals surface area (Å²) in [7, 11) is 0. The van der Waals surface area contributed by atoms with Gasteiger partial charge >= 0.3 is 0 Å². The summed E-state index contributed by atoms with van der Waals surface area (Å²) in [5.41, 5.74) is 2.47. The van der Waals surface area contributed by atoms with Crippen LogP contribution in [-0.4, -0.2) is 26.7 Å². The van der Waals surface area contributed by atoms with E-state index in [1.165, 1.54) is 0 Å². The first-order valence-electron chi connectivity index (χ1n) is 7.09. The molecule has 1 atom stereocenters. The Kier molecular flexibility index (Phi) is 2.80. The predicted molar refractivity (Wildman–Crippen MR) is 77.9 cm³/mol. The van der Waals surface area contributed by atoms with E-state index in [1.54, 1.807) is 12.4 Å². The number of aryl methyl sites for hydroxylation is 1. The van der Waals surface area contributed by atoms with Crippen LogP contribution in [0.1, 0.15) is 30.3 Å². The molecule has 1 fully saturated rings. The van der Waals surface area contributed by atoms with Crippen LogP contribution in [0.3, 0.4) is 0 Å². The fourth-order valence-corrected chi connectivity index (χ4v) is 2.90. The Hall–Kier alpha value is -2.50. The van der Waals surface area contributed by atoms with E-state index in [-0.39, 0.29) is 6.04 Å². The lowest BCUT2D eigenvalue weighted by Gasteiger charge is -2.24. The van der Waals surface area contributed by atoms with Gasteiger partial charge in [0.2, 0.25) is 0 Å². The average molecular weight is 281 g/mol. The molecule has 0 aromatic carbocycles. The molecule has 1 aliphatic heterocycles. The number of anilines is 1. The smallest absolute Gasteiger partial charge is 0.180 e. The SMILES string of the molecule is Cc1cc(C2CCCN2c2ccc3nccnc3n2)no1. The van der Waals surface area contributed by atoms with Gasteiger partial charge in [-0.25, -0.2) is 9.97 Å². The molecule has 6 nitrogen and oxygen atoms in total. The highest BCUT2D eigenvalue weighted by Gasteiger charge is 2.29. The van der Waals surface area contributed by atoms with Crippen molar-refractivity contribution in [2.45, 2.75) is 25.8 Å². The van der Waals surface area contributed by atoms with Crippen molar-refractivity contribution in [3.8, 4) is 0 Å². The van der Waals surface area contributed by atoms with Crippen molar-refractivity contribution in [1.29, 1.82) is 0 Å². The van der Waals surface area contributed by atoms with E-state index in [1.807, 2.05) is 25.1 Å². The highest BCUT2D eigenvalue weighted by Crippen LogP contribution is 2.35. The summed E-state index contributed by atoms with van der Waals surface area (Å²) in [5, 5.41) is 4.16. The minimum Gasteiger partial charge on any atom is -0.361 e. The number of hydrogen-bond donors (Lipinski definition) is 0. The third-order valence-corrected chi connectivity index (χ3v) is 3.85. The molecule has 6 heteroatoms. The van der Waals surface area contributed by atoms with Crippen molar-refractivity contribution >= 4 is 17.0 Å². The molecule has 0 N–H and O–H groups in total. The van der Waals surface area contributed by atoms with Crippen molar-refractivity contribution < 1.29 is 4.52 Å². The Labute approximate surface area is 121 Å². The quantitative estimate of drug-likeness (QED) is 0.719. The van der Waals surface area contributed by atoms with Gasteiger partial charge in [0.25, 0.3) is 0 Å². The second kappa shape index (κ2) is 4.80. The number of aromatic nitrogens is 4. The number of hydrogen-bond acceptors (Lipinski definition) is 6. The molecule has 0 saturated carbocycles. The lowest BCUT2D eigenvalue weighted by molar-refractivity contribution is 0.385. The first kappa shape index (κ1) is 12.3. The van der Waals surface area contributed by atoms with E-state index in [0.29, 0.717) is 5.65 Å². The molecule has 0 spiro atoms. The Bertz CT molecular complexity index is 784. The molecule has 0 aliphatic carbocycles. The van der Waals surface area contributed by atoms with E-state index < -0.39 is 0 Å². The fourth-order valence-electron chi connectivity index (χ4n) is 2.90. The van der Waals surface area contributed by atoms with Gasteiger partial charge in [-0.3, -0.25) is 4.98 Å². The van der Waals surface area contributed by atoms with Gasteiger partial charge in [-0.1, -0.05) is 5.16 Å².